The lowest BCUT2D eigenvalue weighted by Gasteiger charge is -2.15. The molecule has 32 heavy (non-hydrogen) atoms. The zero-order valence-corrected chi connectivity index (χ0v) is 19.8. The van der Waals surface area contributed by atoms with Crippen LogP contribution in [-0.4, -0.2) is 26.2 Å². The van der Waals surface area contributed by atoms with Crippen LogP contribution >= 0.6 is 11.8 Å². The first-order valence-electron chi connectivity index (χ1n) is 10.8. The molecule has 0 radical (unpaired) electrons. The Morgan fingerprint density at radius 3 is 1.91 bits per heavy atom. The molecule has 1 atom stereocenters. The van der Waals surface area contributed by atoms with Crippen molar-refractivity contribution in [2.75, 3.05) is 0 Å². The maximum absolute atomic E-state index is 13.1. The van der Waals surface area contributed by atoms with E-state index in [1.54, 1.807) is 6.07 Å². The zero-order valence-electron chi connectivity index (χ0n) is 19.0. The van der Waals surface area contributed by atoms with E-state index in [2.05, 4.69) is 0 Å². The zero-order chi connectivity index (χ0) is 24.0. The van der Waals surface area contributed by atoms with Gasteiger partial charge in [0.2, 0.25) is 0 Å². The van der Waals surface area contributed by atoms with Crippen LogP contribution in [0.4, 0.5) is 0 Å². The van der Waals surface area contributed by atoms with Gasteiger partial charge in [-0.3, -0.25) is 4.79 Å². The minimum Gasteiger partial charge on any atom is -0.504 e. The molecule has 1 aliphatic rings. The van der Waals surface area contributed by atoms with Crippen molar-refractivity contribution in [1.82, 2.24) is 0 Å². The van der Waals surface area contributed by atoms with Crippen LogP contribution < -0.4 is 0 Å². The summed E-state index contributed by atoms with van der Waals surface area (Å²) in [5.74, 6) is -1.41. The normalized spacial score (nSPS) is 14.0. The van der Waals surface area contributed by atoms with Crippen molar-refractivity contribution in [1.29, 1.82) is 0 Å². The molecule has 170 valence electrons. The van der Waals surface area contributed by atoms with Crippen LogP contribution in [0, 0.1) is 0 Å². The van der Waals surface area contributed by atoms with Crippen molar-refractivity contribution in [3.05, 3.63) is 59.7 Å². The Morgan fingerprint density at radius 2 is 1.28 bits per heavy atom. The summed E-state index contributed by atoms with van der Waals surface area (Å²) in [4.78, 5) is 14.5. The summed E-state index contributed by atoms with van der Waals surface area (Å²) in [5.41, 5.74) is 2.85. The van der Waals surface area contributed by atoms with Gasteiger partial charge in [-0.25, -0.2) is 0 Å². The molecule has 6 heteroatoms. The van der Waals surface area contributed by atoms with E-state index in [1.807, 2.05) is 52.8 Å². The highest BCUT2D eigenvalue weighted by atomic mass is 32.2. The third-order valence-electron chi connectivity index (χ3n) is 4.98. The molecule has 1 aliphatic heterocycles. The van der Waals surface area contributed by atoms with Gasteiger partial charge in [-0.2, -0.15) is 0 Å². The minimum absolute atomic E-state index is 0.0888. The number of hydrogen-bond donors (Lipinski definition) is 4. The number of aromatic hydroxyl groups is 4. The Kier molecular flexibility index (Phi) is 8.61. The fraction of sp³-hybridized carbons (Fsp3) is 0.269. The number of fused-ring (bicyclic) bond motifs is 2. The quantitative estimate of drug-likeness (QED) is 0.309. The Morgan fingerprint density at radius 1 is 0.719 bits per heavy atom. The second-order valence-electron chi connectivity index (χ2n) is 6.72. The largest absolute Gasteiger partial charge is 0.504 e. The molecule has 0 saturated carbocycles. The van der Waals surface area contributed by atoms with Crippen molar-refractivity contribution in [2.45, 2.75) is 56.7 Å². The first-order chi connectivity index (χ1) is 15.4. The van der Waals surface area contributed by atoms with Crippen molar-refractivity contribution in [3.63, 3.8) is 0 Å². The first kappa shape index (κ1) is 25.1. The maximum Gasteiger partial charge on any atom is 0.171 e. The van der Waals surface area contributed by atoms with Crippen LogP contribution in [0.3, 0.4) is 0 Å². The topological polar surface area (TPSA) is 98.0 Å². The van der Waals surface area contributed by atoms with Gasteiger partial charge in [-0.05, 0) is 53.4 Å². The lowest BCUT2D eigenvalue weighted by atomic mass is 9.87. The van der Waals surface area contributed by atoms with Crippen molar-refractivity contribution in [3.8, 4) is 34.1 Å². The van der Waals surface area contributed by atoms with Gasteiger partial charge in [0.1, 0.15) is 0 Å². The van der Waals surface area contributed by atoms with Crippen LogP contribution in [0.25, 0.3) is 11.1 Å². The Balaban J connectivity index is 0.000000860. The summed E-state index contributed by atoms with van der Waals surface area (Å²) in [6, 6.07) is 13.1. The number of hydrogen-bond acceptors (Lipinski definition) is 6. The molecule has 0 saturated heterocycles. The van der Waals surface area contributed by atoms with Crippen LogP contribution in [0.1, 0.15) is 62.9 Å². The van der Waals surface area contributed by atoms with Crippen LogP contribution in [-0.2, 0) is 0 Å². The molecule has 4 N–H and O–H groups in total. The highest BCUT2D eigenvalue weighted by Gasteiger charge is 2.30. The van der Waals surface area contributed by atoms with Gasteiger partial charge in [0.15, 0.2) is 28.8 Å². The van der Waals surface area contributed by atoms with Crippen molar-refractivity contribution >= 4 is 17.5 Å². The number of benzene rings is 3. The Hall–Kier alpha value is -3.12. The van der Waals surface area contributed by atoms with Gasteiger partial charge >= 0.3 is 0 Å². The van der Waals surface area contributed by atoms with Gasteiger partial charge in [-0.15, -0.1) is 0 Å². The highest BCUT2D eigenvalue weighted by molar-refractivity contribution is 7.99. The van der Waals surface area contributed by atoms with E-state index >= 15 is 0 Å². The van der Waals surface area contributed by atoms with E-state index in [4.69, 9.17) is 0 Å². The third kappa shape index (κ3) is 4.86. The predicted octanol–water partition coefficient (Wildman–Crippen LogP) is 7.07. The average molecular weight is 455 g/mol. The number of carbonyl (C=O) groups is 1. The molecular formula is C26H30O5S. The Labute approximate surface area is 193 Å². The van der Waals surface area contributed by atoms with Crippen LogP contribution in [0.5, 0.6) is 23.0 Å². The van der Waals surface area contributed by atoms with Gasteiger partial charge in [0, 0.05) is 21.3 Å². The second-order valence-corrected chi connectivity index (χ2v) is 7.80. The fourth-order valence-electron chi connectivity index (χ4n) is 3.48. The third-order valence-corrected chi connectivity index (χ3v) is 6.12. The molecule has 0 aliphatic carbocycles. The first-order valence-corrected chi connectivity index (χ1v) is 11.6. The molecule has 1 unspecified atom stereocenters. The van der Waals surface area contributed by atoms with E-state index in [9.17, 15) is 25.2 Å². The number of rotatable bonds is 2. The van der Waals surface area contributed by atoms with Crippen molar-refractivity contribution < 1.29 is 25.2 Å². The smallest absolute Gasteiger partial charge is 0.171 e. The molecule has 0 fully saturated rings. The summed E-state index contributed by atoms with van der Waals surface area (Å²) in [6.07, 6.45) is 0.604. The summed E-state index contributed by atoms with van der Waals surface area (Å²) < 4.78 is 0. The van der Waals surface area contributed by atoms with Gasteiger partial charge < -0.3 is 20.4 Å². The number of phenols is 4. The predicted molar refractivity (Wildman–Crippen MR) is 129 cm³/mol. The van der Waals surface area contributed by atoms with Crippen molar-refractivity contribution in [2.24, 2.45) is 0 Å². The lowest BCUT2D eigenvalue weighted by molar-refractivity contribution is 0.0953. The number of carbonyl (C=O) groups excluding carboxylic acids is 1. The lowest BCUT2D eigenvalue weighted by Crippen LogP contribution is -2.12. The second kappa shape index (κ2) is 11.0. The molecule has 3 aromatic rings. The highest BCUT2D eigenvalue weighted by Crippen LogP contribution is 2.47. The molecule has 1 heterocycles. The van der Waals surface area contributed by atoms with Gasteiger partial charge in [0.25, 0.3) is 0 Å². The van der Waals surface area contributed by atoms with E-state index in [0.29, 0.717) is 16.9 Å². The molecule has 0 aromatic heterocycles. The van der Waals surface area contributed by atoms with E-state index in [0.717, 1.165) is 21.6 Å². The standard InChI is InChI=1S/C22H18O5S.2C2H6/c1-2-13-14-5-3-12(11-4-6-16(23)17(24)7-11)8-20(14)28-21-10-19(26)18(25)9-15(21)22(13)27;2*1-2/h3-10,13,23-26H,2H2,1H3;2*1-2H3. The summed E-state index contributed by atoms with van der Waals surface area (Å²) >= 11 is 1.36. The summed E-state index contributed by atoms with van der Waals surface area (Å²) in [6.45, 7) is 9.94. The van der Waals surface area contributed by atoms with Gasteiger partial charge in [0.05, 0.1) is 0 Å². The maximum atomic E-state index is 13.1. The molecule has 4 rings (SSSR count). The van der Waals surface area contributed by atoms with Gasteiger partial charge in [-0.1, -0.05) is 64.6 Å². The molecular weight excluding hydrogens is 424 g/mol. The molecule has 0 amide bonds. The van der Waals surface area contributed by atoms with E-state index in [1.165, 1.54) is 36.0 Å². The minimum atomic E-state index is -0.352. The molecule has 0 bridgehead atoms. The SMILES string of the molecule is CC.CC.CCC1C(=O)c2cc(O)c(O)cc2Sc2cc(-c3ccc(O)c(O)c3)ccc21. The molecule has 0 spiro atoms. The van der Waals surface area contributed by atoms with E-state index in [-0.39, 0.29) is 34.7 Å². The molecule has 5 nitrogen and oxygen atoms in total. The summed E-state index contributed by atoms with van der Waals surface area (Å²) in [7, 11) is 0. The average Bonchev–Trinajstić information content (AvgIpc) is 2.92. The fourth-order valence-corrected chi connectivity index (χ4v) is 4.67. The van der Waals surface area contributed by atoms with Crippen LogP contribution in [0.15, 0.2) is 58.3 Å². The van der Waals surface area contributed by atoms with Crippen LogP contribution in [0.2, 0.25) is 0 Å². The summed E-state index contributed by atoms with van der Waals surface area (Å²) in [5, 5.41) is 39.1. The molecule has 3 aromatic carbocycles. The number of Topliss-reactive ketones (excluding diaryl/α,β-unsaturated/α-hetero) is 1. The monoisotopic (exact) mass is 454 g/mol. The number of ketones is 1. The number of phenolic OH excluding ortho intramolecular Hbond substituents is 4. The van der Waals surface area contributed by atoms with E-state index < -0.39 is 0 Å². The Bertz CT molecular complexity index is 1110.